The first-order valence-corrected chi connectivity index (χ1v) is 3.17. The van der Waals surface area contributed by atoms with Gasteiger partial charge in [0.25, 0.3) is 0 Å². The smallest absolute Gasteiger partial charge is 0.180 e. The molecule has 1 aromatic rings. The minimum atomic E-state index is 0.105. The van der Waals surface area contributed by atoms with Gasteiger partial charge in [0.05, 0.1) is 5.69 Å². The largest absolute Gasteiger partial charge is 0.375 e. The quantitative estimate of drug-likeness (QED) is 0.602. The molecule has 48 valence electrons. The summed E-state index contributed by atoms with van der Waals surface area (Å²) < 4.78 is 0. The molecule has 0 aliphatic rings. The Bertz CT molecular complexity index is 188. The molecule has 0 bridgehead atoms. The van der Waals surface area contributed by atoms with Gasteiger partial charge in [-0.3, -0.25) is 4.84 Å². The highest BCUT2D eigenvalue weighted by atomic mass is 32.1. The lowest BCUT2D eigenvalue weighted by Crippen LogP contribution is -1.90. The summed E-state index contributed by atoms with van der Waals surface area (Å²) in [7, 11) is 0. The third kappa shape index (κ3) is 1.63. The van der Waals surface area contributed by atoms with E-state index in [1.54, 1.807) is 5.38 Å². The second-order valence-corrected chi connectivity index (χ2v) is 2.34. The van der Waals surface area contributed by atoms with Crippen LogP contribution in [0.4, 0.5) is 5.13 Å². The summed E-state index contributed by atoms with van der Waals surface area (Å²) in [5.74, 6) is 7.95. The van der Waals surface area contributed by atoms with Crippen molar-refractivity contribution in [3.8, 4) is 0 Å². The number of nitrogen functional groups attached to an aromatic ring is 1. The molecule has 0 aliphatic carbocycles. The second kappa shape index (κ2) is 2.77. The number of rotatable bonds is 2. The van der Waals surface area contributed by atoms with E-state index < -0.39 is 0 Å². The van der Waals surface area contributed by atoms with E-state index in [4.69, 9.17) is 11.6 Å². The third-order valence-corrected chi connectivity index (χ3v) is 1.50. The molecule has 5 heteroatoms. The molecule has 0 saturated heterocycles. The van der Waals surface area contributed by atoms with Gasteiger partial charge in [0.1, 0.15) is 6.61 Å². The van der Waals surface area contributed by atoms with Crippen LogP contribution >= 0.6 is 11.3 Å². The molecule has 0 amide bonds. The highest BCUT2D eigenvalue weighted by Crippen LogP contribution is 2.10. The van der Waals surface area contributed by atoms with E-state index in [0.717, 1.165) is 0 Å². The number of thiazole rings is 1. The zero-order valence-electron chi connectivity index (χ0n) is 4.57. The minimum Gasteiger partial charge on any atom is -0.375 e. The first kappa shape index (κ1) is 6.47. The molecule has 2 N–H and O–H groups in total. The van der Waals surface area contributed by atoms with Gasteiger partial charge in [-0.1, -0.05) is 0 Å². The van der Waals surface area contributed by atoms with Crippen LogP contribution in [0.25, 0.3) is 0 Å². The molecule has 0 saturated carbocycles. The van der Waals surface area contributed by atoms with Crippen LogP contribution in [0, 0.1) is 0 Å². The Morgan fingerprint density at radius 2 is 2.67 bits per heavy atom. The highest BCUT2D eigenvalue weighted by molar-refractivity contribution is 7.13. The van der Waals surface area contributed by atoms with E-state index in [-0.39, 0.29) is 6.61 Å². The van der Waals surface area contributed by atoms with Crippen LogP contribution < -0.4 is 11.6 Å². The SMILES string of the molecule is [N]OCc1csc(N)n1. The number of hydrogen-bond donors (Lipinski definition) is 1. The first-order valence-electron chi connectivity index (χ1n) is 2.29. The fraction of sp³-hybridized carbons (Fsp3) is 0.250. The standard InChI is InChI=1S/C4H5N3OS/c5-4-7-3(1-8-6)2-9-4/h2H,1H2,(H2,5,7). The molecule has 9 heavy (non-hydrogen) atoms. The predicted molar refractivity (Wildman–Crippen MR) is 33.4 cm³/mol. The Morgan fingerprint density at radius 3 is 3.11 bits per heavy atom. The van der Waals surface area contributed by atoms with E-state index in [1.807, 2.05) is 0 Å². The topological polar surface area (TPSA) is 70.4 Å². The van der Waals surface area contributed by atoms with Crippen molar-refractivity contribution in [1.29, 1.82) is 0 Å². The van der Waals surface area contributed by atoms with Gasteiger partial charge >= 0.3 is 0 Å². The summed E-state index contributed by atoms with van der Waals surface area (Å²) in [4.78, 5) is 7.64. The van der Waals surface area contributed by atoms with E-state index in [0.29, 0.717) is 10.8 Å². The van der Waals surface area contributed by atoms with Crippen molar-refractivity contribution in [1.82, 2.24) is 10.9 Å². The molecule has 0 aliphatic heterocycles. The Kier molecular flexibility index (Phi) is 1.99. The van der Waals surface area contributed by atoms with E-state index in [1.165, 1.54) is 11.3 Å². The van der Waals surface area contributed by atoms with Crippen molar-refractivity contribution in [3.05, 3.63) is 11.1 Å². The lowest BCUT2D eigenvalue weighted by atomic mass is 10.5. The summed E-state index contributed by atoms with van der Waals surface area (Å²) in [5.41, 5.74) is 5.93. The normalized spacial score (nSPS) is 9.89. The molecule has 0 atom stereocenters. The molecule has 1 rings (SSSR count). The Hall–Kier alpha value is -0.650. The predicted octanol–water partition coefficient (Wildman–Crippen LogP) is 0.226. The molecule has 0 spiro atoms. The second-order valence-electron chi connectivity index (χ2n) is 1.45. The van der Waals surface area contributed by atoms with Crippen LogP contribution in [0.5, 0.6) is 0 Å². The molecule has 4 nitrogen and oxygen atoms in total. The van der Waals surface area contributed by atoms with Crippen LogP contribution in [0.15, 0.2) is 5.38 Å². The van der Waals surface area contributed by atoms with Crippen molar-refractivity contribution < 1.29 is 4.84 Å². The molecule has 0 aromatic carbocycles. The lowest BCUT2D eigenvalue weighted by molar-refractivity contribution is 0.102. The average Bonchev–Trinajstić information content (AvgIpc) is 2.17. The molecule has 0 unspecified atom stereocenters. The maximum absolute atomic E-state index is 7.95. The van der Waals surface area contributed by atoms with Crippen molar-refractivity contribution >= 4 is 16.5 Å². The van der Waals surface area contributed by atoms with Crippen molar-refractivity contribution in [2.45, 2.75) is 6.61 Å². The first-order chi connectivity index (χ1) is 4.33. The number of nitrogens with zero attached hydrogens (tertiary/aromatic N) is 2. The van der Waals surface area contributed by atoms with Gasteiger partial charge < -0.3 is 5.73 Å². The Labute approximate surface area is 56.4 Å². The van der Waals surface area contributed by atoms with Crippen molar-refractivity contribution in [3.63, 3.8) is 0 Å². The van der Waals surface area contributed by atoms with E-state index in [2.05, 4.69) is 9.82 Å². The van der Waals surface area contributed by atoms with Gasteiger partial charge in [0.2, 0.25) is 0 Å². The van der Waals surface area contributed by atoms with Crippen LogP contribution in [0.3, 0.4) is 0 Å². The molecule has 1 aromatic heterocycles. The maximum Gasteiger partial charge on any atom is 0.180 e. The highest BCUT2D eigenvalue weighted by Gasteiger charge is 1.96. The van der Waals surface area contributed by atoms with Crippen molar-refractivity contribution in [2.24, 2.45) is 0 Å². The summed E-state index contributed by atoms with van der Waals surface area (Å²) in [6.07, 6.45) is 0. The fourth-order valence-corrected chi connectivity index (χ4v) is 1.00. The molecule has 0 fully saturated rings. The van der Waals surface area contributed by atoms with Gasteiger partial charge in [-0.25, -0.2) is 4.98 Å². The van der Waals surface area contributed by atoms with Gasteiger partial charge in [-0.2, -0.15) is 0 Å². The molecule has 1 heterocycles. The summed E-state index contributed by atoms with van der Waals surface area (Å²) in [5, 5.41) is 2.22. The van der Waals surface area contributed by atoms with Crippen LogP contribution in [-0.4, -0.2) is 4.98 Å². The third-order valence-electron chi connectivity index (χ3n) is 0.782. The number of anilines is 1. The Balaban J connectivity index is 2.61. The number of aromatic nitrogens is 1. The summed E-state index contributed by atoms with van der Waals surface area (Å²) in [6.45, 7) is 0.105. The van der Waals surface area contributed by atoms with Gasteiger partial charge in [-0.15, -0.1) is 11.3 Å². The maximum atomic E-state index is 7.95. The molecular formula is C4H5N3OS. The zero-order chi connectivity index (χ0) is 6.69. The average molecular weight is 143 g/mol. The minimum absolute atomic E-state index is 0.105. The van der Waals surface area contributed by atoms with E-state index >= 15 is 0 Å². The number of nitrogens with two attached hydrogens (primary N) is 1. The van der Waals surface area contributed by atoms with Gasteiger partial charge in [-0.05, 0) is 0 Å². The Morgan fingerprint density at radius 1 is 1.89 bits per heavy atom. The van der Waals surface area contributed by atoms with Crippen LogP contribution in [-0.2, 0) is 11.4 Å². The molecule has 2 radical (unpaired) electrons. The summed E-state index contributed by atoms with van der Waals surface area (Å²) >= 11 is 1.32. The fourth-order valence-electron chi connectivity index (χ4n) is 0.455. The van der Waals surface area contributed by atoms with Gasteiger partial charge in [0, 0.05) is 11.3 Å². The van der Waals surface area contributed by atoms with E-state index in [9.17, 15) is 0 Å². The van der Waals surface area contributed by atoms with Gasteiger partial charge in [0.15, 0.2) is 5.13 Å². The lowest BCUT2D eigenvalue weighted by Gasteiger charge is -1.85. The summed E-state index contributed by atoms with van der Waals surface area (Å²) in [6, 6.07) is 0. The van der Waals surface area contributed by atoms with Crippen LogP contribution in [0.1, 0.15) is 5.69 Å². The monoisotopic (exact) mass is 143 g/mol. The zero-order valence-corrected chi connectivity index (χ0v) is 5.39. The molecular weight excluding hydrogens is 138 g/mol. The van der Waals surface area contributed by atoms with Crippen molar-refractivity contribution in [2.75, 3.05) is 5.73 Å². The van der Waals surface area contributed by atoms with Crippen LogP contribution in [0.2, 0.25) is 0 Å². The number of hydrogen-bond acceptors (Lipinski definition) is 4.